The fourth-order valence-electron chi connectivity index (χ4n) is 1.89. The lowest BCUT2D eigenvalue weighted by atomic mass is 10.4. The molecular formula is C19H36FN4O4P. The molecule has 10 heteroatoms. The molecule has 1 aromatic heterocycles. The second-order valence-corrected chi connectivity index (χ2v) is 5.90. The highest BCUT2D eigenvalue weighted by Crippen LogP contribution is 2.04. The largest absolute Gasteiger partial charge is 0.400 e. The Balaban J connectivity index is 0. The number of ether oxygens (including phenoxy) is 1. The van der Waals surface area contributed by atoms with Crippen LogP contribution >= 0.6 is 8.96 Å². The molecule has 1 unspecified atom stereocenters. The number of hydrogen-bond donors (Lipinski definition) is 3. The molecule has 1 atom stereocenters. The normalized spacial score (nSPS) is 13.0. The molecule has 2 heterocycles. The fraction of sp³-hybridized carbons (Fsp3) is 0.579. The number of aliphatic hydroxyl groups is 1. The van der Waals surface area contributed by atoms with Gasteiger partial charge in [0.1, 0.15) is 20.6 Å². The van der Waals surface area contributed by atoms with Crippen LogP contribution in [0.5, 0.6) is 0 Å². The summed E-state index contributed by atoms with van der Waals surface area (Å²) >= 11 is 0. The summed E-state index contributed by atoms with van der Waals surface area (Å²) in [6.45, 7) is 12.0. The van der Waals surface area contributed by atoms with Gasteiger partial charge in [-0.2, -0.15) is 4.45 Å². The number of halogens is 1. The Morgan fingerprint density at radius 2 is 1.69 bits per heavy atom. The van der Waals surface area contributed by atoms with Crippen LogP contribution in [0.2, 0.25) is 0 Å². The zero-order valence-corrected chi connectivity index (χ0v) is 19.1. The number of nitrogens with zero attached hydrogens (tertiary/aromatic N) is 3. The van der Waals surface area contributed by atoms with Crippen molar-refractivity contribution in [3.05, 3.63) is 52.5 Å². The molecule has 1 aromatic carbocycles. The van der Waals surface area contributed by atoms with Crippen molar-refractivity contribution in [2.75, 3.05) is 33.4 Å². The van der Waals surface area contributed by atoms with Crippen LogP contribution in [0.15, 0.2) is 35.1 Å². The van der Waals surface area contributed by atoms with Gasteiger partial charge in [0.15, 0.2) is 0 Å². The first-order valence-electron chi connectivity index (χ1n) is 9.64. The third-order valence-electron chi connectivity index (χ3n) is 2.97. The van der Waals surface area contributed by atoms with Gasteiger partial charge in [-0.15, -0.1) is 5.10 Å². The Bertz CT molecular complexity index is 635. The molecule has 0 saturated carbocycles. The second-order valence-electron chi connectivity index (χ2n) is 5.28. The Morgan fingerprint density at radius 3 is 2.07 bits per heavy atom. The Hall–Kier alpha value is -1.64. The van der Waals surface area contributed by atoms with Crippen molar-refractivity contribution < 1.29 is 19.1 Å². The molecule has 0 spiro atoms. The number of morpholine rings is 1. The zero-order valence-electron chi connectivity index (χ0n) is 18.1. The van der Waals surface area contributed by atoms with Gasteiger partial charge in [0.05, 0.1) is 19.8 Å². The smallest absolute Gasteiger partial charge is 0.348 e. The topological polar surface area (TPSA) is 104 Å². The highest BCUT2D eigenvalue weighted by atomic mass is 31.1. The van der Waals surface area contributed by atoms with E-state index >= 15 is 0 Å². The third kappa shape index (κ3) is 14.9. The lowest BCUT2D eigenvalue weighted by molar-refractivity contribution is 0.0331. The molecule has 1 aliphatic rings. The SMILES string of the molecule is CC.CCC.CO.Fc1ccccc1.O=c1[nH]c(CN2CCOCC2)nn1PO. The molecule has 168 valence electrons. The third-order valence-corrected chi connectivity index (χ3v) is 3.46. The number of rotatable bonds is 3. The average Bonchev–Trinajstić information content (AvgIpc) is 3.12. The van der Waals surface area contributed by atoms with Crippen molar-refractivity contribution in [2.24, 2.45) is 0 Å². The van der Waals surface area contributed by atoms with E-state index < -0.39 is 8.96 Å². The molecule has 3 rings (SSSR count). The first-order chi connectivity index (χ1) is 14.1. The molecule has 3 N–H and O–H groups in total. The molecule has 0 radical (unpaired) electrons. The number of H-pyrrole nitrogens is 1. The Kier molecular flexibility index (Phi) is 21.5. The van der Waals surface area contributed by atoms with E-state index in [0.29, 0.717) is 25.6 Å². The van der Waals surface area contributed by atoms with Gasteiger partial charge in [0.2, 0.25) is 0 Å². The van der Waals surface area contributed by atoms with Crippen LogP contribution in [-0.2, 0) is 11.3 Å². The van der Waals surface area contributed by atoms with E-state index in [9.17, 15) is 9.18 Å². The van der Waals surface area contributed by atoms with Crippen LogP contribution in [0, 0.1) is 5.82 Å². The summed E-state index contributed by atoms with van der Waals surface area (Å²) in [5.41, 5.74) is -0.362. The minimum atomic E-state index is -0.620. The number of nitrogens with one attached hydrogen (secondary N) is 1. The van der Waals surface area contributed by atoms with E-state index in [1.165, 1.54) is 18.6 Å². The molecular weight excluding hydrogens is 398 g/mol. The highest BCUT2D eigenvalue weighted by Gasteiger charge is 2.13. The zero-order chi connectivity index (χ0) is 22.5. The van der Waals surface area contributed by atoms with Gasteiger partial charge >= 0.3 is 5.69 Å². The fourth-order valence-corrected chi connectivity index (χ4v) is 2.20. The predicted molar refractivity (Wildman–Crippen MR) is 117 cm³/mol. The number of aromatic amines is 1. The number of benzene rings is 1. The van der Waals surface area contributed by atoms with E-state index in [0.717, 1.165) is 24.7 Å². The number of hydrogen-bond acceptors (Lipinski definition) is 6. The van der Waals surface area contributed by atoms with E-state index in [1.54, 1.807) is 18.2 Å². The van der Waals surface area contributed by atoms with Crippen molar-refractivity contribution in [2.45, 2.75) is 40.7 Å². The van der Waals surface area contributed by atoms with Gasteiger partial charge in [-0.3, -0.25) is 9.88 Å². The Morgan fingerprint density at radius 1 is 1.17 bits per heavy atom. The molecule has 29 heavy (non-hydrogen) atoms. The molecule has 0 aliphatic carbocycles. The average molecular weight is 434 g/mol. The first-order valence-corrected chi connectivity index (χ1v) is 10.5. The molecule has 0 bridgehead atoms. The van der Waals surface area contributed by atoms with Crippen molar-refractivity contribution in [3.8, 4) is 0 Å². The molecule has 1 saturated heterocycles. The van der Waals surface area contributed by atoms with Gasteiger partial charge in [-0.1, -0.05) is 52.3 Å². The monoisotopic (exact) mass is 434 g/mol. The second kappa shape index (κ2) is 21.1. The summed E-state index contributed by atoms with van der Waals surface area (Å²) in [6, 6.07) is 7.94. The molecule has 8 nitrogen and oxygen atoms in total. The van der Waals surface area contributed by atoms with Crippen molar-refractivity contribution in [3.63, 3.8) is 0 Å². The van der Waals surface area contributed by atoms with Gasteiger partial charge in [-0.25, -0.2) is 9.18 Å². The van der Waals surface area contributed by atoms with Crippen LogP contribution in [0.3, 0.4) is 0 Å². The van der Waals surface area contributed by atoms with Crippen LogP contribution in [-0.4, -0.2) is 62.8 Å². The summed E-state index contributed by atoms with van der Waals surface area (Å²) in [6.07, 6.45) is 1.25. The van der Waals surface area contributed by atoms with Crippen molar-refractivity contribution in [1.82, 2.24) is 19.4 Å². The van der Waals surface area contributed by atoms with Crippen LogP contribution in [0.25, 0.3) is 0 Å². The maximum atomic E-state index is 11.9. The number of aliphatic hydroxyl groups excluding tert-OH is 1. The van der Waals surface area contributed by atoms with Crippen LogP contribution in [0.4, 0.5) is 4.39 Å². The van der Waals surface area contributed by atoms with Crippen LogP contribution < -0.4 is 5.69 Å². The van der Waals surface area contributed by atoms with E-state index in [-0.39, 0.29) is 11.5 Å². The summed E-state index contributed by atoms with van der Waals surface area (Å²) in [5.74, 6) is 0.408. The van der Waals surface area contributed by atoms with Crippen LogP contribution in [0.1, 0.15) is 39.9 Å². The highest BCUT2D eigenvalue weighted by molar-refractivity contribution is 7.28. The standard InChI is InChI=1S/C7H13N4O3P.C6H5F.C3H8.C2H6.CH4O/c12-7-8-6(9-11(7)15-13)5-10-1-3-14-4-2-10;7-6-4-2-1-3-5-6;1-3-2;2*1-2/h13,15H,1-5H2,(H,8,9,12);1-5H;3H2,1-2H3;1-2H3;2H,1H3. The molecule has 0 amide bonds. The minimum Gasteiger partial charge on any atom is -0.400 e. The lowest BCUT2D eigenvalue weighted by Crippen LogP contribution is -2.36. The molecule has 1 fully saturated rings. The predicted octanol–water partition coefficient (Wildman–Crippen LogP) is 2.63. The maximum absolute atomic E-state index is 11.9. The Labute approximate surface area is 174 Å². The maximum Gasteiger partial charge on any atom is 0.348 e. The summed E-state index contributed by atoms with van der Waals surface area (Å²) < 4.78 is 18.1. The quantitative estimate of drug-likeness (QED) is 0.642. The van der Waals surface area contributed by atoms with Gasteiger partial charge in [-0.05, 0) is 12.1 Å². The van der Waals surface area contributed by atoms with Crippen molar-refractivity contribution >= 4 is 8.96 Å². The van der Waals surface area contributed by atoms with E-state index in [2.05, 4.69) is 28.8 Å². The molecule has 2 aromatic rings. The van der Waals surface area contributed by atoms with Crippen molar-refractivity contribution in [1.29, 1.82) is 0 Å². The summed E-state index contributed by atoms with van der Waals surface area (Å²) in [5, 5.41) is 11.0. The van der Waals surface area contributed by atoms with E-state index in [1.807, 2.05) is 13.8 Å². The lowest BCUT2D eigenvalue weighted by Gasteiger charge is -2.25. The van der Waals surface area contributed by atoms with Gasteiger partial charge < -0.3 is 14.7 Å². The van der Waals surface area contributed by atoms with E-state index in [4.69, 9.17) is 14.7 Å². The summed E-state index contributed by atoms with van der Waals surface area (Å²) in [4.78, 5) is 24.7. The minimum absolute atomic E-state index is 0.178. The van der Waals surface area contributed by atoms with Gasteiger partial charge in [0.25, 0.3) is 0 Å². The molecule has 1 aliphatic heterocycles. The first kappa shape index (κ1) is 29.6. The van der Waals surface area contributed by atoms with Gasteiger partial charge in [0, 0.05) is 20.2 Å². The number of aromatic nitrogens is 3. The summed E-state index contributed by atoms with van der Waals surface area (Å²) in [7, 11) is 0.380.